The first-order chi connectivity index (χ1) is 13.5. The second kappa shape index (κ2) is 9.73. The van der Waals surface area contributed by atoms with Crippen LogP contribution in [0.2, 0.25) is 0 Å². The highest BCUT2D eigenvalue weighted by molar-refractivity contribution is 7.88. The second-order valence-corrected chi connectivity index (χ2v) is 9.93. The Morgan fingerprint density at radius 1 is 1.32 bits per heavy atom. The molecule has 1 N–H and O–H groups in total. The van der Waals surface area contributed by atoms with E-state index in [1.54, 1.807) is 10.4 Å². The van der Waals surface area contributed by atoms with Crippen molar-refractivity contribution in [1.29, 1.82) is 0 Å². The first-order valence-corrected chi connectivity index (χ1v) is 12.0. The highest BCUT2D eigenvalue weighted by atomic mass is 32.2. The largest absolute Gasteiger partial charge is 0.364 e. The number of aliphatic imine (C=N–C) groups is 1. The third-order valence-corrected chi connectivity index (χ3v) is 7.44. The molecule has 1 saturated heterocycles. The SMILES string of the molecule is CCNC(=NCC1CCCC(C)C1)N1CCN(S(=O)(=O)Cc2ccon2)CC1. The molecule has 0 aromatic carbocycles. The molecule has 1 aliphatic carbocycles. The van der Waals surface area contributed by atoms with E-state index < -0.39 is 10.0 Å². The van der Waals surface area contributed by atoms with Crippen LogP contribution in [0.4, 0.5) is 0 Å². The molecule has 2 aliphatic rings. The topological polar surface area (TPSA) is 91.0 Å². The summed E-state index contributed by atoms with van der Waals surface area (Å²) in [5.41, 5.74) is 0.444. The average Bonchev–Trinajstić information content (AvgIpc) is 3.17. The van der Waals surface area contributed by atoms with Crippen molar-refractivity contribution in [1.82, 2.24) is 19.7 Å². The zero-order valence-corrected chi connectivity index (χ0v) is 17.8. The first-order valence-electron chi connectivity index (χ1n) is 10.4. The molecule has 3 rings (SSSR count). The normalized spacial score (nSPS) is 25.1. The zero-order valence-electron chi connectivity index (χ0n) is 17.0. The minimum absolute atomic E-state index is 0.114. The van der Waals surface area contributed by atoms with E-state index in [1.165, 1.54) is 31.9 Å². The van der Waals surface area contributed by atoms with Crippen LogP contribution in [0.15, 0.2) is 21.8 Å². The number of piperazine rings is 1. The molecule has 1 aromatic heterocycles. The Balaban J connectivity index is 1.55. The third-order valence-electron chi connectivity index (χ3n) is 5.63. The minimum atomic E-state index is -3.38. The van der Waals surface area contributed by atoms with Gasteiger partial charge in [-0.05, 0) is 31.6 Å². The maximum absolute atomic E-state index is 12.6. The van der Waals surface area contributed by atoms with E-state index in [4.69, 9.17) is 9.52 Å². The van der Waals surface area contributed by atoms with Gasteiger partial charge in [-0.25, -0.2) is 8.42 Å². The van der Waals surface area contributed by atoms with Gasteiger partial charge in [0.25, 0.3) is 0 Å². The van der Waals surface area contributed by atoms with E-state index in [9.17, 15) is 8.42 Å². The van der Waals surface area contributed by atoms with E-state index in [1.807, 2.05) is 0 Å². The van der Waals surface area contributed by atoms with Gasteiger partial charge >= 0.3 is 0 Å². The highest BCUT2D eigenvalue weighted by Gasteiger charge is 2.29. The van der Waals surface area contributed by atoms with Gasteiger partial charge in [-0.15, -0.1) is 0 Å². The van der Waals surface area contributed by atoms with Crippen LogP contribution in [0, 0.1) is 11.8 Å². The second-order valence-electron chi connectivity index (χ2n) is 7.97. The lowest BCUT2D eigenvalue weighted by atomic mass is 9.82. The molecule has 158 valence electrons. The number of rotatable bonds is 6. The smallest absolute Gasteiger partial charge is 0.220 e. The van der Waals surface area contributed by atoms with Gasteiger partial charge in [0.05, 0.1) is 5.69 Å². The Hall–Kier alpha value is -1.61. The van der Waals surface area contributed by atoms with Crippen LogP contribution in [0.5, 0.6) is 0 Å². The van der Waals surface area contributed by atoms with Crippen LogP contribution in [-0.2, 0) is 15.8 Å². The van der Waals surface area contributed by atoms with Crippen molar-refractivity contribution in [3.05, 3.63) is 18.0 Å². The fourth-order valence-corrected chi connectivity index (χ4v) is 5.56. The molecule has 1 aromatic rings. The number of guanidine groups is 1. The number of aromatic nitrogens is 1. The molecule has 0 radical (unpaired) electrons. The van der Waals surface area contributed by atoms with Gasteiger partial charge in [0.2, 0.25) is 10.0 Å². The Labute approximate surface area is 168 Å². The number of nitrogens with zero attached hydrogens (tertiary/aromatic N) is 4. The van der Waals surface area contributed by atoms with Crippen LogP contribution >= 0.6 is 0 Å². The zero-order chi connectivity index (χ0) is 20.0. The molecule has 2 atom stereocenters. The summed E-state index contributed by atoms with van der Waals surface area (Å²) < 4.78 is 31.5. The predicted molar refractivity (Wildman–Crippen MR) is 109 cm³/mol. The van der Waals surface area contributed by atoms with Crippen molar-refractivity contribution in [3.8, 4) is 0 Å². The molecular weight excluding hydrogens is 378 g/mol. The molecule has 2 heterocycles. The lowest BCUT2D eigenvalue weighted by Crippen LogP contribution is -2.54. The molecule has 0 amide bonds. The van der Waals surface area contributed by atoms with Crippen molar-refractivity contribution in [2.75, 3.05) is 39.3 Å². The number of hydrogen-bond donors (Lipinski definition) is 1. The Morgan fingerprint density at radius 3 is 2.75 bits per heavy atom. The highest BCUT2D eigenvalue weighted by Crippen LogP contribution is 2.28. The van der Waals surface area contributed by atoms with Crippen molar-refractivity contribution < 1.29 is 12.9 Å². The van der Waals surface area contributed by atoms with E-state index in [0.717, 1.165) is 25.0 Å². The molecule has 9 heteroatoms. The quantitative estimate of drug-likeness (QED) is 0.568. The van der Waals surface area contributed by atoms with E-state index in [-0.39, 0.29) is 5.75 Å². The minimum Gasteiger partial charge on any atom is -0.364 e. The first kappa shape index (κ1) is 21.1. The molecule has 1 aliphatic heterocycles. The summed E-state index contributed by atoms with van der Waals surface area (Å²) in [7, 11) is -3.38. The van der Waals surface area contributed by atoms with E-state index in [2.05, 4.69) is 29.2 Å². The summed E-state index contributed by atoms with van der Waals surface area (Å²) in [4.78, 5) is 7.06. The van der Waals surface area contributed by atoms with Crippen molar-refractivity contribution >= 4 is 16.0 Å². The molecule has 2 unspecified atom stereocenters. The van der Waals surface area contributed by atoms with Gasteiger partial charge in [-0.1, -0.05) is 24.9 Å². The summed E-state index contributed by atoms with van der Waals surface area (Å²) in [5.74, 6) is 2.27. The molecule has 0 spiro atoms. The Bertz CT molecular complexity index is 727. The number of nitrogens with one attached hydrogen (secondary N) is 1. The fourth-order valence-electron chi connectivity index (χ4n) is 4.14. The average molecular weight is 412 g/mol. The van der Waals surface area contributed by atoms with Gasteiger partial charge in [-0.2, -0.15) is 4.31 Å². The van der Waals surface area contributed by atoms with Gasteiger partial charge in [-0.3, -0.25) is 4.99 Å². The van der Waals surface area contributed by atoms with Gasteiger partial charge < -0.3 is 14.7 Å². The number of hydrogen-bond acceptors (Lipinski definition) is 5. The van der Waals surface area contributed by atoms with E-state index in [0.29, 0.717) is 37.8 Å². The standard InChI is InChI=1S/C19H33N5O3S/c1-3-20-19(21-14-17-6-4-5-16(2)13-17)23-8-10-24(11-9-23)28(25,26)15-18-7-12-27-22-18/h7,12,16-17H,3-6,8-11,13-15H2,1-2H3,(H,20,21). The van der Waals surface area contributed by atoms with Crippen LogP contribution in [0.1, 0.15) is 45.2 Å². The molecule has 0 bridgehead atoms. The summed E-state index contributed by atoms with van der Waals surface area (Å²) in [6, 6.07) is 1.59. The molecule has 8 nitrogen and oxygen atoms in total. The molecule has 1 saturated carbocycles. The summed E-state index contributed by atoms with van der Waals surface area (Å²) in [6.45, 7) is 8.28. The Kier molecular flexibility index (Phi) is 7.34. The van der Waals surface area contributed by atoms with Gasteiger partial charge in [0.1, 0.15) is 12.0 Å². The van der Waals surface area contributed by atoms with Crippen LogP contribution in [0.25, 0.3) is 0 Å². The van der Waals surface area contributed by atoms with Crippen molar-refractivity contribution in [3.63, 3.8) is 0 Å². The molecule has 28 heavy (non-hydrogen) atoms. The van der Waals surface area contributed by atoms with Gasteiger partial charge in [0, 0.05) is 45.3 Å². The summed E-state index contributed by atoms with van der Waals surface area (Å²) >= 11 is 0. The third kappa shape index (κ3) is 5.70. The lowest BCUT2D eigenvalue weighted by Gasteiger charge is -2.36. The Morgan fingerprint density at radius 2 is 2.11 bits per heavy atom. The van der Waals surface area contributed by atoms with Crippen molar-refractivity contribution in [2.24, 2.45) is 16.8 Å². The summed E-state index contributed by atoms with van der Waals surface area (Å²) in [5, 5.41) is 7.10. The predicted octanol–water partition coefficient (Wildman–Crippen LogP) is 1.91. The fraction of sp³-hybridized carbons (Fsp3) is 0.789. The van der Waals surface area contributed by atoms with Crippen LogP contribution < -0.4 is 5.32 Å². The van der Waals surface area contributed by atoms with Crippen LogP contribution in [-0.4, -0.2) is 68.0 Å². The number of sulfonamides is 1. The van der Waals surface area contributed by atoms with Crippen LogP contribution in [0.3, 0.4) is 0 Å². The van der Waals surface area contributed by atoms with Crippen molar-refractivity contribution in [2.45, 2.75) is 45.3 Å². The van der Waals surface area contributed by atoms with E-state index >= 15 is 0 Å². The maximum atomic E-state index is 12.6. The maximum Gasteiger partial charge on any atom is 0.220 e. The molecular formula is C19H33N5O3S. The monoisotopic (exact) mass is 411 g/mol. The lowest BCUT2D eigenvalue weighted by molar-refractivity contribution is 0.257. The van der Waals surface area contributed by atoms with Gasteiger partial charge in [0.15, 0.2) is 5.96 Å². The molecule has 2 fully saturated rings. The summed E-state index contributed by atoms with van der Waals surface area (Å²) in [6.07, 6.45) is 6.57.